The Bertz CT molecular complexity index is 617. The molecule has 0 spiro atoms. The first-order valence-electron chi connectivity index (χ1n) is 7.49. The number of H-pyrrole nitrogens is 1. The van der Waals surface area contributed by atoms with Crippen molar-refractivity contribution in [3.05, 3.63) is 52.8 Å². The topological polar surface area (TPSA) is 44.0 Å². The molecule has 0 radical (unpaired) electrons. The minimum Gasteiger partial charge on any atom is -0.348 e. The lowest BCUT2D eigenvalue weighted by molar-refractivity contribution is 0.271. The van der Waals surface area contributed by atoms with Crippen LogP contribution in [-0.2, 0) is 6.54 Å². The first-order chi connectivity index (χ1) is 10.6. The first-order valence-corrected chi connectivity index (χ1v) is 7.87. The van der Waals surface area contributed by atoms with Gasteiger partial charge in [-0.15, -0.1) is 0 Å². The molecule has 22 heavy (non-hydrogen) atoms. The number of likely N-dealkylation sites (tertiary alicyclic amines) is 1. The molecule has 2 aromatic rings. The molecule has 1 aromatic carbocycles. The quantitative estimate of drug-likeness (QED) is 0.889. The van der Waals surface area contributed by atoms with E-state index in [4.69, 9.17) is 11.6 Å². The summed E-state index contributed by atoms with van der Waals surface area (Å²) in [5.74, 6) is 1.03. The Morgan fingerprint density at radius 2 is 2.36 bits per heavy atom. The predicted octanol–water partition coefficient (Wildman–Crippen LogP) is 2.98. The summed E-state index contributed by atoms with van der Waals surface area (Å²) in [5, 5.41) is 3.61. The summed E-state index contributed by atoms with van der Waals surface area (Å²) in [7, 11) is 2.09. The van der Waals surface area contributed by atoms with Crippen LogP contribution in [0.2, 0.25) is 5.02 Å². The molecule has 0 bridgehead atoms. The van der Waals surface area contributed by atoms with Gasteiger partial charge < -0.3 is 10.3 Å². The predicted molar refractivity (Wildman–Crippen MR) is 85.2 cm³/mol. The molecule has 1 fully saturated rings. The minimum absolute atomic E-state index is 0.178. The van der Waals surface area contributed by atoms with Crippen molar-refractivity contribution in [2.75, 3.05) is 20.1 Å². The van der Waals surface area contributed by atoms with Gasteiger partial charge >= 0.3 is 0 Å². The highest BCUT2D eigenvalue weighted by molar-refractivity contribution is 6.30. The van der Waals surface area contributed by atoms with Gasteiger partial charge in [0.15, 0.2) is 0 Å². The Kier molecular flexibility index (Phi) is 4.76. The molecular weight excluding hydrogens is 303 g/mol. The van der Waals surface area contributed by atoms with Crippen LogP contribution >= 0.6 is 11.6 Å². The fourth-order valence-electron chi connectivity index (χ4n) is 3.23. The van der Waals surface area contributed by atoms with Gasteiger partial charge in [-0.3, -0.25) is 4.90 Å². The molecule has 1 aliphatic heterocycles. The van der Waals surface area contributed by atoms with Crippen molar-refractivity contribution in [3.8, 4) is 0 Å². The molecule has 118 valence electrons. The second-order valence-electron chi connectivity index (χ2n) is 5.81. The van der Waals surface area contributed by atoms with Crippen molar-refractivity contribution in [2.45, 2.75) is 19.0 Å². The second-order valence-corrected chi connectivity index (χ2v) is 6.22. The summed E-state index contributed by atoms with van der Waals surface area (Å²) in [6.45, 7) is 2.61. The van der Waals surface area contributed by atoms with E-state index in [1.54, 1.807) is 18.3 Å². The molecule has 2 heterocycles. The molecule has 3 rings (SSSR count). The standard InChI is InChI=1S/C16H20ClFN4/c1-22-7-4-12(9-19-10-15-20-5-6-21-15)16(22)11-2-3-13(17)14(18)8-11/h2-3,5-6,8,12,16,19H,4,7,9-10H2,1H3,(H,20,21). The van der Waals surface area contributed by atoms with E-state index in [1.165, 1.54) is 0 Å². The van der Waals surface area contributed by atoms with Crippen LogP contribution in [0.1, 0.15) is 23.9 Å². The zero-order valence-corrected chi connectivity index (χ0v) is 13.3. The zero-order chi connectivity index (χ0) is 15.5. The van der Waals surface area contributed by atoms with Crippen LogP contribution in [0.25, 0.3) is 0 Å². The minimum atomic E-state index is -0.346. The second kappa shape index (κ2) is 6.77. The summed E-state index contributed by atoms with van der Waals surface area (Å²) in [4.78, 5) is 9.56. The number of hydrogen-bond donors (Lipinski definition) is 2. The van der Waals surface area contributed by atoms with Crippen LogP contribution in [0.15, 0.2) is 30.6 Å². The third-order valence-corrected chi connectivity index (χ3v) is 4.62. The van der Waals surface area contributed by atoms with Crippen LogP contribution < -0.4 is 5.32 Å². The highest BCUT2D eigenvalue weighted by atomic mass is 35.5. The highest BCUT2D eigenvalue weighted by Gasteiger charge is 2.32. The Morgan fingerprint density at radius 3 is 3.09 bits per heavy atom. The van der Waals surface area contributed by atoms with Gasteiger partial charge in [0.1, 0.15) is 11.6 Å². The average Bonchev–Trinajstić information content (AvgIpc) is 3.13. The lowest BCUT2D eigenvalue weighted by atomic mass is 9.93. The molecule has 4 nitrogen and oxygen atoms in total. The number of halogens is 2. The van der Waals surface area contributed by atoms with Crippen LogP contribution in [0.5, 0.6) is 0 Å². The molecule has 2 unspecified atom stereocenters. The maximum atomic E-state index is 13.7. The van der Waals surface area contributed by atoms with Crippen LogP contribution in [0.4, 0.5) is 4.39 Å². The van der Waals surface area contributed by atoms with Gasteiger partial charge in [0.05, 0.1) is 11.6 Å². The van der Waals surface area contributed by atoms with Gasteiger partial charge in [-0.2, -0.15) is 0 Å². The lowest BCUT2D eigenvalue weighted by Gasteiger charge is -2.26. The molecule has 1 aromatic heterocycles. The van der Waals surface area contributed by atoms with Crippen molar-refractivity contribution in [1.29, 1.82) is 0 Å². The van der Waals surface area contributed by atoms with Crippen molar-refractivity contribution < 1.29 is 4.39 Å². The molecule has 1 saturated heterocycles. The van der Waals surface area contributed by atoms with Crippen molar-refractivity contribution in [1.82, 2.24) is 20.2 Å². The van der Waals surface area contributed by atoms with Crippen molar-refractivity contribution in [2.24, 2.45) is 5.92 Å². The fraction of sp³-hybridized carbons (Fsp3) is 0.438. The Hall–Kier alpha value is -1.43. The average molecular weight is 323 g/mol. The number of imidazole rings is 1. The van der Waals surface area contributed by atoms with Crippen molar-refractivity contribution in [3.63, 3.8) is 0 Å². The smallest absolute Gasteiger partial charge is 0.142 e. The number of aromatic amines is 1. The van der Waals surface area contributed by atoms with E-state index in [-0.39, 0.29) is 16.9 Å². The summed E-state index contributed by atoms with van der Waals surface area (Å²) in [6, 6.07) is 5.35. The Morgan fingerprint density at radius 1 is 1.50 bits per heavy atom. The van der Waals surface area contributed by atoms with E-state index in [1.807, 2.05) is 12.3 Å². The number of nitrogens with zero attached hydrogens (tertiary/aromatic N) is 2. The molecule has 0 amide bonds. The molecule has 0 aliphatic carbocycles. The zero-order valence-electron chi connectivity index (χ0n) is 12.5. The Labute approximate surface area is 134 Å². The fourth-order valence-corrected chi connectivity index (χ4v) is 3.35. The number of benzene rings is 1. The summed E-state index contributed by atoms with van der Waals surface area (Å²) in [5.41, 5.74) is 0.992. The van der Waals surface area contributed by atoms with Gasteiger partial charge in [-0.1, -0.05) is 17.7 Å². The molecular formula is C16H20ClFN4. The molecule has 2 atom stereocenters. The van der Waals surface area contributed by atoms with Gasteiger partial charge in [-0.25, -0.2) is 9.37 Å². The number of nitrogens with one attached hydrogen (secondary N) is 2. The van der Waals surface area contributed by atoms with Gasteiger partial charge in [-0.05, 0) is 43.6 Å². The van der Waals surface area contributed by atoms with E-state index in [2.05, 4.69) is 27.2 Å². The third-order valence-electron chi connectivity index (χ3n) is 4.31. The maximum absolute atomic E-state index is 13.7. The largest absolute Gasteiger partial charge is 0.348 e. The van der Waals surface area contributed by atoms with Crippen LogP contribution in [-0.4, -0.2) is 35.0 Å². The highest BCUT2D eigenvalue weighted by Crippen LogP contribution is 2.36. The summed E-state index contributed by atoms with van der Waals surface area (Å²) < 4.78 is 13.7. The normalized spacial score (nSPS) is 22.3. The SMILES string of the molecule is CN1CCC(CNCc2ncc[nH]2)C1c1ccc(Cl)c(F)c1. The third kappa shape index (κ3) is 3.32. The monoisotopic (exact) mass is 322 g/mol. The maximum Gasteiger partial charge on any atom is 0.142 e. The molecule has 1 aliphatic rings. The van der Waals surface area contributed by atoms with E-state index in [0.717, 1.165) is 37.4 Å². The summed E-state index contributed by atoms with van der Waals surface area (Å²) in [6.07, 6.45) is 4.66. The van der Waals surface area contributed by atoms with E-state index in [0.29, 0.717) is 5.92 Å². The first kappa shape index (κ1) is 15.5. The van der Waals surface area contributed by atoms with E-state index < -0.39 is 0 Å². The van der Waals surface area contributed by atoms with E-state index >= 15 is 0 Å². The van der Waals surface area contributed by atoms with E-state index in [9.17, 15) is 4.39 Å². The van der Waals surface area contributed by atoms with Gasteiger partial charge in [0, 0.05) is 25.0 Å². The molecule has 2 N–H and O–H groups in total. The number of aromatic nitrogens is 2. The number of hydrogen-bond acceptors (Lipinski definition) is 3. The van der Waals surface area contributed by atoms with Crippen LogP contribution in [0, 0.1) is 11.7 Å². The van der Waals surface area contributed by atoms with Crippen molar-refractivity contribution >= 4 is 11.6 Å². The van der Waals surface area contributed by atoms with Gasteiger partial charge in [0.2, 0.25) is 0 Å². The summed E-state index contributed by atoms with van der Waals surface area (Å²) >= 11 is 5.79. The lowest BCUT2D eigenvalue weighted by Crippen LogP contribution is -2.28. The molecule has 6 heteroatoms. The van der Waals surface area contributed by atoms with Crippen LogP contribution in [0.3, 0.4) is 0 Å². The number of rotatable bonds is 5. The Balaban J connectivity index is 1.66. The van der Waals surface area contributed by atoms with Gasteiger partial charge in [0.25, 0.3) is 0 Å². The molecule has 0 saturated carbocycles.